The maximum absolute atomic E-state index is 12.3. The molecule has 1 N–H and O–H groups in total. The van der Waals surface area contributed by atoms with Gasteiger partial charge in [-0.1, -0.05) is 36.4 Å². The molecule has 0 aromatic heterocycles. The summed E-state index contributed by atoms with van der Waals surface area (Å²) in [6.45, 7) is 1.48. The van der Waals surface area contributed by atoms with Gasteiger partial charge in [0.05, 0.1) is 0 Å². The summed E-state index contributed by atoms with van der Waals surface area (Å²) >= 11 is 0. The van der Waals surface area contributed by atoms with E-state index >= 15 is 0 Å². The first-order valence-corrected chi connectivity index (χ1v) is 7.69. The van der Waals surface area contributed by atoms with E-state index in [1.54, 1.807) is 0 Å². The summed E-state index contributed by atoms with van der Waals surface area (Å²) in [7, 11) is 1.89. The van der Waals surface area contributed by atoms with Crippen LogP contribution in [0.4, 0.5) is 0 Å². The van der Waals surface area contributed by atoms with Gasteiger partial charge >= 0.3 is 0 Å². The van der Waals surface area contributed by atoms with Crippen molar-refractivity contribution in [3.63, 3.8) is 0 Å². The molecule has 1 amide bonds. The number of rotatable bonds is 6. The Balaban J connectivity index is 1.76. The Bertz CT molecular complexity index is 634. The molecule has 1 aliphatic rings. The van der Waals surface area contributed by atoms with Gasteiger partial charge in [0, 0.05) is 25.6 Å². The van der Waals surface area contributed by atoms with Crippen LogP contribution in [0.5, 0.6) is 0 Å². The first-order chi connectivity index (χ1) is 10.3. The Morgan fingerprint density at radius 1 is 1.19 bits per heavy atom. The van der Waals surface area contributed by atoms with E-state index in [2.05, 4.69) is 52.7 Å². The molecule has 0 saturated heterocycles. The first-order valence-electron chi connectivity index (χ1n) is 7.69. The van der Waals surface area contributed by atoms with Gasteiger partial charge in [0.25, 0.3) is 0 Å². The molecule has 0 heterocycles. The van der Waals surface area contributed by atoms with Crippen molar-refractivity contribution in [1.29, 1.82) is 0 Å². The molecule has 0 aliphatic heterocycles. The largest absolute Gasteiger partial charge is 0.335 e. The summed E-state index contributed by atoms with van der Waals surface area (Å²) in [6.07, 6.45) is 2.89. The fraction of sp³-hybridized carbons (Fsp3) is 0.389. The second-order valence-corrected chi connectivity index (χ2v) is 5.79. The lowest BCUT2D eigenvalue weighted by Gasteiger charge is -2.23. The molecule has 0 atom stereocenters. The highest BCUT2D eigenvalue weighted by Gasteiger charge is 2.32. The predicted octanol–water partition coefficient (Wildman–Crippen LogP) is 2.94. The van der Waals surface area contributed by atoms with Crippen molar-refractivity contribution in [3.8, 4) is 0 Å². The van der Waals surface area contributed by atoms with Crippen LogP contribution in [-0.4, -0.2) is 30.4 Å². The number of nitrogens with one attached hydrogen (secondary N) is 1. The molecule has 2 aromatic rings. The van der Waals surface area contributed by atoms with E-state index in [1.807, 2.05) is 7.05 Å². The van der Waals surface area contributed by atoms with Gasteiger partial charge in [-0.05, 0) is 42.3 Å². The summed E-state index contributed by atoms with van der Waals surface area (Å²) < 4.78 is 0. The van der Waals surface area contributed by atoms with Crippen molar-refractivity contribution >= 4 is 16.7 Å². The zero-order valence-electron chi connectivity index (χ0n) is 12.5. The molecule has 0 radical (unpaired) electrons. The van der Waals surface area contributed by atoms with Crippen LogP contribution < -0.4 is 5.32 Å². The Labute approximate surface area is 125 Å². The molecule has 3 rings (SSSR count). The Morgan fingerprint density at radius 2 is 1.95 bits per heavy atom. The van der Waals surface area contributed by atoms with Gasteiger partial charge in [0.15, 0.2) is 0 Å². The van der Waals surface area contributed by atoms with Gasteiger partial charge in [-0.25, -0.2) is 0 Å². The zero-order chi connectivity index (χ0) is 14.7. The van der Waals surface area contributed by atoms with Crippen LogP contribution in [0.3, 0.4) is 0 Å². The van der Waals surface area contributed by atoms with Crippen molar-refractivity contribution < 1.29 is 4.79 Å². The van der Waals surface area contributed by atoms with Crippen molar-refractivity contribution in [2.45, 2.75) is 31.8 Å². The smallest absolute Gasteiger partial charge is 0.224 e. The molecular weight excluding hydrogens is 260 g/mol. The summed E-state index contributed by atoms with van der Waals surface area (Å²) in [4.78, 5) is 14.4. The second kappa shape index (κ2) is 6.27. The summed E-state index contributed by atoms with van der Waals surface area (Å²) in [5.41, 5.74) is 1.22. The van der Waals surface area contributed by atoms with E-state index < -0.39 is 0 Å². The van der Waals surface area contributed by atoms with Crippen LogP contribution in [0.15, 0.2) is 42.5 Å². The molecule has 110 valence electrons. The van der Waals surface area contributed by atoms with Crippen LogP contribution in [0.2, 0.25) is 0 Å². The summed E-state index contributed by atoms with van der Waals surface area (Å²) in [6, 6.07) is 15.3. The molecular formula is C18H22N2O. The number of carbonyl (C=O) groups is 1. The molecule has 1 saturated carbocycles. The minimum absolute atomic E-state index is 0.264. The fourth-order valence-electron chi connectivity index (χ4n) is 2.72. The van der Waals surface area contributed by atoms with Crippen LogP contribution in [0, 0.1) is 0 Å². The van der Waals surface area contributed by atoms with Crippen molar-refractivity contribution in [2.24, 2.45) is 0 Å². The van der Waals surface area contributed by atoms with Crippen molar-refractivity contribution in [2.75, 3.05) is 13.6 Å². The lowest BCUT2D eigenvalue weighted by atomic mass is 10.1. The average molecular weight is 282 g/mol. The number of carbonyl (C=O) groups excluding carboxylic acids is 1. The lowest BCUT2D eigenvalue weighted by molar-refractivity contribution is -0.132. The monoisotopic (exact) mass is 282 g/mol. The second-order valence-electron chi connectivity index (χ2n) is 5.79. The van der Waals surface area contributed by atoms with Crippen molar-refractivity contribution in [1.82, 2.24) is 10.2 Å². The van der Waals surface area contributed by atoms with E-state index in [4.69, 9.17) is 0 Å². The maximum atomic E-state index is 12.3. The zero-order valence-corrected chi connectivity index (χ0v) is 12.5. The Morgan fingerprint density at radius 3 is 2.67 bits per heavy atom. The van der Waals surface area contributed by atoms with E-state index in [-0.39, 0.29) is 5.91 Å². The number of hydrogen-bond acceptors (Lipinski definition) is 2. The number of hydrogen-bond donors (Lipinski definition) is 1. The predicted molar refractivity (Wildman–Crippen MR) is 86.1 cm³/mol. The highest BCUT2D eigenvalue weighted by molar-refractivity contribution is 5.83. The van der Waals surface area contributed by atoms with E-state index in [0.29, 0.717) is 12.5 Å². The van der Waals surface area contributed by atoms with Crippen LogP contribution in [-0.2, 0) is 11.3 Å². The van der Waals surface area contributed by atoms with E-state index in [0.717, 1.165) is 25.9 Å². The van der Waals surface area contributed by atoms with Gasteiger partial charge in [-0.15, -0.1) is 0 Å². The number of nitrogens with zero attached hydrogens (tertiary/aromatic N) is 1. The summed E-state index contributed by atoms with van der Waals surface area (Å²) in [5.74, 6) is 0.264. The van der Waals surface area contributed by atoms with Crippen LogP contribution >= 0.6 is 0 Å². The van der Waals surface area contributed by atoms with Crippen LogP contribution in [0.1, 0.15) is 24.8 Å². The molecule has 3 heteroatoms. The highest BCUT2D eigenvalue weighted by atomic mass is 16.2. The molecule has 0 bridgehead atoms. The van der Waals surface area contributed by atoms with E-state index in [9.17, 15) is 4.79 Å². The Hall–Kier alpha value is -1.87. The third-order valence-corrected chi connectivity index (χ3v) is 4.06. The fourth-order valence-corrected chi connectivity index (χ4v) is 2.72. The average Bonchev–Trinajstić information content (AvgIpc) is 3.35. The summed E-state index contributed by atoms with van der Waals surface area (Å²) in [5, 5.41) is 5.55. The number of amides is 1. The van der Waals surface area contributed by atoms with Crippen molar-refractivity contribution in [3.05, 3.63) is 48.0 Å². The van der Waals surface area contributed by atoms with Crippen LogP contribution in [0.25, 0.3) is 10.8 Å². The topological polar surface area (TPSA) is 32.3 Å². The van der Waals surface area contributed by atoms with Gasteiger partial charge in [0.2, 0.25) is 5.91 Å². The van der Waals surface area contributed by atoms with Gasteiger partial charge in [0.1, 0.15) is 0 Å². The minimum Gasteiger partial charge on any atom is -0.335 e. The third-order valence-electron chi connectivity index (χ3n) is 4.06. The van der Waals surface area contributed by atoms with Gasteiger partial charge < -0.3 is 10.2 Å². The highest BCUT2D eigenvalue weighted by Crippen LogP contribution is 2.29. The standard InChI is InChI=1S/C18H22N2O/c1-19-11-10-18(21)20(17-8-9-17)13-14-6-7-15-4-2-3-5-16(15)12-14/h2-7,12,17,19H,8-11,13H2,1H3. The molecule has 0 spiro atoms. The minimum atomic E-state index is 0.264. The molecule has 3 nitrogen and oxygen atoms in total. The molecule has 1 fully saturated rings. The number of fused-ring (bicyclic) bond motifs is 1. The first kappa shape index (κ1) is 14.1. The maximum Gasteiger partial charge on any atom is 0.224 e. The lowest BCUT2D eigenvalue weighted by Crippen LogP contribution is -2.34. The third kappa shape index (κ3) is 3.42. The molecule has 1 aliphatic carbocycles. The normalized spacial score (nSPS) is 14.3. The molecule has 0 unspecified atom stereocenters. The SMILES string of the molecule is CNCCC(=O)N(Cc1ccc2ccccc2c1)C1CC1. The Kier molecular flexibility index (Phi) is 4.20. The van der Waals surface area contributed by atoms with Gasteiger partial charge in [-0.2, -0.15) is 0 Å². The molecule has 2 aromatic carbocycles. The molecule has 21 heavy (non-hydrogen) atoms. The quantitative estimate of drug-likeness (QED) is 0.883. The number of benzene rings is 2. The van der Waals surface area contributed by atoms with Gasteiger partial charge in [-0.3, -0.25) is 4.79 Å². The van der Waals surface area contributed by atoms with E-state index in [1.165, 1.54) is 16.3 Å².